The van der Waals surface area contributed by atoms with Crippen molar-refractivity contribution in [2.45, 2.75) is 57.9 Å². The van der Waals surface area contributed by atoms with E-state index in [4.69, 9.17) is 4.74 Å². The molecule has 1 saturated heterocycles. The number of hydrogen-bond acceptors (Lipinski definition) is 3. The van der Waals surface area contributed by atoms with Gasteiger partial charge in [0.15, 0.2) is 0 Å². The van der Waals surface area contributed by atoms with Gasteiger partial charge in [0.2, 0.25) is 11.8 Å². The van der Waals surface area contributed by atoms with Gasteiger partial charge in [0.25, 0.3) is 0 Å². The van der Waals surface area contributed by atoms with E-state index in [0.717, 1.165) is 62.8 Å². The minimum absolute atomic E-state index is 0.0119. The van der Waals surface area contributed by atoms with Crippen LogP contribution in [0.4, 0.5) is 0 Å². The van der Waals surface area contributed by atoms with Gasteiger partial charge in [-0.1, -0.05) is 31.9 Å². The van der Waals surface area contributed by atoms with Crippen LogP contribution >= 0.6 is 0 Å². The second-order valence-corrected chi connectivity index (χ2v) is 7.87. The Morgan fingerprint density at radius 1 is 1.19 bits per heavy atom. The Morgan fingerprint density at radius 2 is 1.93 bits per heavy atom. The fourth-order valence-corrected chi connectivity index (χ4v) is 3.84. The number of amides is 2. The molecule has 2 fully saturated rings. The fourth-order valence-electron chi connectivity index (χ4n) is 3.84. The number of nitrogens with one attached hydrogen (secondary N) is 1. The molecule has 0 radical (unpaired) electrons. The molecule has 5 nitrogen and oxygen atoms in total. The first-order valence-electron chi connectivity index (χ1n) is 10.4. The van der Waals surface area contributed by atoms with Gasteiger partial charge in [-0.05, 0) is 49.8 Å². The highest BCUT2D eigenvalue weighted by atomic mass is 16.5. The molecule has 0 bridgehead atoms. The van der Waals surface area contributed by atoms with Crippen LogP contribution in [0.15, 0.2) is 24.3 Å². The van der Waals surface area contributed by atoms with Crippen LogP contribution in [0, 0.1) is 11.8 Å². The molecule has 1 aliphatic heterocycles. The summed E-state index contributed by atoms with van der Waals surface area (Å²) in [5.74, 6) is 1.29. The minimum atomic E-state index is -0.0937. The second-order valence-electron chi connectivity index (χ2n) is 7.87. The Bertz CT molecular complexity index is 639. The molecule has 3 rings (SSSR count). The summed E-state index contributed by atoms with van der Waals surface area (Å²) in [6.07, 6.45) is 6.89. The maximum Gasteiger partial charge on any atom is 0.225 e. The lowest BCUT2D eigenvalue weighted by Crippen LogP contribution is -2.46. The number of hydrogen-bond donors (Lipinski definition) is 1. The molecule has 2 atom stereocenters. The molecule has 148 valence electrons. The highest BCUT2D eigenvalue weighted by Crippen LogP contribution is 2.32. The number of likely N-dealkylation sites (tertiary alicyclic amines) is 1. The van der Waals surface area contributed by atoms with Crippen molar-refractivity contribution in [1.82, 2.24) is 10.2 Å². The molecule has 1 N–H and O–H groups in total. The molecule has 2 unspecified atom stereocenters. The summed E-state index contributed by atoms with van der Waals surface area (Å²) in [6, 6.07) is 7.96. The molecule has 1 aromatic carbocycles. The number of methoxy groups -OCH3 is 1. The van der Waals surface area contributed by atoms with Crippen molar-refractivity contribution in [1.29, 1.82) is 0 Å². The molecule has 27 heavy (non-hydrogen) atoms. The van der Waals surface area contributed by atoms with Crippen molar-refractivity contribution >= 4 is 11.8 Å². The topological polar surface area (TPSA) is 58.6 Å². The first-order chi connectivity index (χ1) is 13.1. The summed E-state index contributed by atoms with van der Waals surface area (Å²) in [7, 11) is 1.66. The standard InChI is InChI=1S/C22H32N2O3/c1-3-4-7-20(16-10-12-19(27-2)13-11-16)23-21(25)18-6-5-14-24(15-18)22(26)17-8-9-17/h10-13,17-18,20H,3-9,14-15H2,1-2H3,(H,23,25). The zero-order valence-corrected chi connectivity index (χ0v) is 16.6. The van der Waals surface area contributed by atoms with Crippen LogP contribution < -0.4 is 10.1 Å². The van der Waals surface area contributed by atoms with Crippen LogP contribution in [0.1, 0.15) is 63.5 Å². The number of carbonyl (C=O) groups is 2. The van der Waals surface area contributed by atoms with Crippen molar-refractivity contribution in [3.05, 3.63) is 29.8 Å². The quantitative estimate of drug-likeness (QED) is 0.757. The highest BCUT2D eigenvalue weighted by Gasteiger charge is 2.37. The number of rotatable bonds is 8. The van der Waals surface area contributed by atoms with E-state index in [1.807, 2.05) is 29.2 Å². The lowest BCUT2D eigenvalue weighted by Gasteiger charge is -2.33. The van der Waals surface area contributed by atoms with Gasteiger partial charge >= 0.3 is 0 Å². The number of carbonyl (C=O) groups excluding carboxylic acids is 2. The molecule has 2 amide bonds. The third-order valence-corrected chi connectivity index (χ3v) is 5.71. The van der Waals surface area contributed by atoms with Crippen molar-refractivity contribution in [2.24, 2.45) is 11.8 Å². The van der Waals surface area contributed by atoms with E-state index in [9.17, 15) is 9.59 Å². The van der Waals surface area contributed by atoms with Crippen molar-refractivity contribution < 1.29 is 14.3 Å². The largest absolute Gasteiger partial charge is 0.497 e. The predicted molar refractivity (Wildman–Crippen MR) is 105 cm³/mol. The van der Waals surface area contributed by atoms with Crippen LogP contribution in [0.2, 0.25) is 0 Å². The molecule has 2 aliphatic rings. The van der Waals surface area contributed by atoms with Crippen molar-refractivity contribution in [3.8, 4) is 5.75 Å². The third-order valence-electron chi connectivity index (χ3n) is 5.71. The average molecular weight is 373 g/mol. The smallest absolute Gasteiger partial charge is 0.225 e. The molecular formula is C22H32N2O3. The van der Waals surface area contributed by atoms with Crippen molar-refractivity contribution in [3.63, 3.8) is 0 Å². The van der Waals surface area contributed by atoms with E-state index < -0.39 is 0 Å². The third kappa shape index (κ3) is 5.24. The summed E-state index contributed by atoms with van der Waals surface area (Å²) < 4.78 is 5.24. The number of nitrogens with zero attached hydrogens (tertiary/aromatic N) is 1. The highest BCUT2D eigenvalue weighted by molar-refractivity contribution is 5.83. The van der Waals surface area contributed by atoms with Gasteiger partial charge in [0, 0.05) is 19.0 Å². The second kappa shape index (κ2) is 9.25. The van der Waals surface area contributed by atoms with Crippen molar-refractivity contribution in [2.75, 3.05) is 20.2 Å². The van der Waals surface area contributed by atoms with Gasteiger partial charge < -0.3 is 15.0 Å². The van der Waals surface area contributed by atoms with E-state index in [1.165, 1.54) is 0 Å². The monoisotopic (exact) mass is 372 g/mol. The Labute approximate surface area is 162 Å². The van der Waals surface area contributed by atoms with Gasteiger partial charge in [-0.15, -0.1) is 0 Å². The summed E-state index contributed by atoms with van der Waals surface area (Å²) in [6.45, 7) is 3.54. The zero-order chi connectivity index (χ0) is 19.2. The van der Waals surface area contributed by atoms with Crippen LogP contribution in [0.25, 0.3) is 0 Å². The van der Waals surface area contributed by atoms with E-state index >= 15 is 0 Å². The molecule has 1 aliphatic carbocycles. The number of piperidine rings is 1. The predicted octanol–water partition coefficient (Wildman–Crippen LogP) is 3.69. The van der Waals surface area contributed by atoms with Gasteiger partial charge in [-0.25, -0.2) is 0 Å². The Kier molecular flexibility index (Phi) is 6.75. The molecule has 5 heteroatoms. The summed E-state index contributed by atoms with van der Waals surface area (Å²) in [5.41, 5.74) is 1.11. The van der Waals surface area contributed by atoms with E-state index in [-0.39, 0.29) is 29.7 Å². The van der Waals surface area contributed by atoms with Gasteiger partial charge in [-0.2, -0.15) is 0 Å². The summed E-state index contributed by atoms with van der Waals surface area (Å²) in [5, 5.41) is 3.26. The fraction of sp³-hybridized carbons (Fsp3) is 0.636. The Hall–Kier alpha value is -2.04. The van der Waals surface area contributed by atoms with Gasteiger partial charge in [-0.3, -0.25) is 9.59 Å². The molecule has 0 aromatic heterocycles. The summed E-state index contributed by atoms with van der Waals surface area (Å²) >= 11 is 0. The molecule has 1 aromatic rings. The van der Waals surface area contributed by atoms with Crippen LogP contribution in [-0.2, 0) is 9.59 Å². The number of benzene rings is 1. The average Bonchev–Trinajstić information content (AvgIpc) is 3.56. The zero-order valence-electron chi connectivity index (χ0n) is 16.6. The summed E-state index contributed by atoms with van der Waals surface area (Å²) in [4.78, 5) is 27.2. The normalized spacial score (nSPS) is 20.8. The minimum Gasteiger partial charge on any atom is -0.497 e. The van der Waals surface area contributed by atoms with Crippen LogP contribution in [0.3, 0.4) is 0 Å². The molecular weight excluding hydrogens is 340 g/mol. The maximum atomic E-state index is 12.9. The lowest BCUT2D eigenvalue weighted by molar-refractivity contribution is -0.137. The van der Waals surface area contributed by atoms with E-state index in [0.29, 0.717) is 6.54 Å². The Balaban J connectivity index is 1.62. The first-order valence-corrected chi connectivity index (χ1v) is 10.4. The SMILES string of the molecule is CCCCC(NC(=O)C1CCCN(C(=O)C2CC2)C1)c1ccc(OC)cc1. The maximum absolute atomic E-state index is 12.9. The van der Waals surface area contributed by atoms with E-state index in [1.54, 1.807) is 7.11 Å². The van der Waals surface area contributed by atoms with Crippen LogP contribution in [-0.4, -0.2) is 36.9 Å². The Morgan fingerprint density at radius 3 is 2.56 bits per heavy atom. The molecule has 1 heterocycles. The first kappa shape index (κ1) is 19.7. The number of ether oxygens (including phenoxy) is 1. The molecule has 0 spiro atoms. The van der Waals surface area contributed by atoms with Gasteiger partial charge in [0.1, 0.15) is 5.75 Å². The lowest BCUT2D eigenvalue weighted by atomic mass is 9.94. The number of unbranched alkanes of at least 4 members (excludes halogenated alkanes) is 1. The molecule has 1 saturated carbocycles. The van der Waals surface area contributed by atoms with Crippen LogP contribution in [0.5, 0.6) is 5.75 Å². The van der Waals surface area contributed by atoms with Gasteiger partial charge in [0.05, 0.1) is 19.1 Å². The van der Waals surface area contributed by atoms with E-state index in [2.05, 4.69) is 12.2 Å².